The van der Waals surface area contributed by atoms with Crippen LogP contribution in [0.25, 0.3) is 5.70 Å². The molecule has 0 fully saturated rings. The Kier molecular flexibility index (Phi) is 5.60. The van der Waals surface area contributed by atoms with Crippen molar-refractivity contribution in [2.24, 2.45) is 0 Å². The van der Waals surface area contributed by atoms with Gasteiger partial charge in [-0.15, -0.1) is 0 Å². The van der Waals surface area contributed by atoms with Crippen LogP contribution >= 0.6 is 0 Å². The first-order chi connectivity index (χ1) is 15.7. The van der Waals surface area contributed by atoms with Crippen LogP contribution in [0.3, 0.4) is 0 Å². The van der Waals surface area contributed by atoms with Crippen LogP contribution in [0.1, 0.15) is 50.5 Å². The van der Waals surface area contributed by atoms with Crippen molar-refractivity contribution in [2.75, 3.05) is 7.11 Å². The van der Waals surface area contributed by atoms with Gasteiger partial charge in [-0.3, -0.25) is 15.1 Å². The summed E-state index contributed by atoms with van der Waals surface area (Å²) in [6.45, 7) is 0.583. The monoisotopic (exact) mass is 421 g/mol. The van der Waals surface area contributed by atoms with E-state index in [-0.39, 0.29) is 17.8 Å². The van der Waals surface area contributed by atoms with E-state index in [0.29, 0.717) is 18.6 Å². The molecule has 3 aromatic rings. The summed E-state index contributed by atoms with van der Waals surface area (Å²) >= 11 is 0. The summed E-state index contributed by atoms with van der Waals surface area (Å²) in [5.74, 6) is 6.18. The minimum absolute atomic E-state index is 0.0800. The maximum atomic E-state index is 13.6. The van der Waals surface area contributed by atoms with Crippen LogP contribution in [0.2, 0.25) is 0 Å². The van der Waals surface area contributed by atoms with Gasteiger partial charge in [0.25, 0.3) is 0 Å². The van der Waals surface area contributed by atoms with Crippen molar-refractivity contribution >= 4 is 11.5 Å². The molecule has 1 aliphatic carbocycles. The molecule has 158 valence electrons. The van der Waals surface area contributed by atoms with Crippen molar-refractivity contribution in [3.05, 3.63) is 112 Å². The van der Waals surface area contributed by atoms with Crippen LogP contribution in [0, 0.1) is 11.8 Å². The number of benzene rings is 3. The predicted molar refractivity (Wildman–Crippen MR) is 124 cm³/mol. The number of ether oxygens (including phenoxy) is 1. The molecule has 2 aliphatic rings. The number of methoxy groups -OCH3 is 1. The maximum Gasteiger partial charge on any atom is 0.171 e. The predicted octanol–water partition coefficient (Wildman–Crippen LogP) is 4.85. The van der Waals surface area contributed by atoms with E-state index in [4.69, 9.17) is 9.57 Å². The topological polar surface area (TPSA) is 47.6 Å². The minimum Gasteiger partial charge on any atom is -0.380 e. The van der Waals surface area contributed by atoms with Gasteiger partial charge in [-0.25, -0.2) is 0 Å². The van der Waals surface area contributed by atoms with Crippen molar-refractivity contribution in [1.29, 1.82) is 0 Å². The van der Waals surface area contributed by atoms with Crippen molar-refractivity contribution < 1.29 is 14.4 Å². The molecule has 4 nitrogen and oxygen atoms in total. The normalized spacial score (nSPS) is 18.9. The number of carbonyl (C=O) groups excluding carboxylic acids is 1. The van der Waals surface area contributed by atoms with Crippen molar-refractivity contribution in [3.8, 4) is 11.8 Å². The first kappa shape index (κ1) is 20.3. The number of ketones is 1. The Morgan fingerprint density at radius 2 is 1.66 bits per heavy atom. The molecule has 0 saturated carbocycles. The number of fused-ring (bicyclic) bond motifs is 2. The maximum absolute atomic E-state index is 13.6. The molecule has 0 spiro atoms. The summed E-state index contributed by atoms with van der Waals surface area (Å²) in [5.41, 5.74) is 9.39. The molecular weight excluding hydrogens is 398 g/mol. The van der Waals surface area contributed by atoms with E-state index in [2.05, 4.69) is 23.4 Å². The Labute approximate surface area is 187 Å². The van der Waals surface area contributed by atoms with Gasteiger partial charge in [0, 0.05) is 23.8 Å². The van der Waals surface area contributed by atoms with Crippen molar-refractivity contribution in [2.45, 2.75) is 25.0 Å². The molecule has 4 heteroatoms. The van der Waals surface area contributed by atoms with Gasteiger partial charge in [-0.05, 0) is 41.3 Å². The number of hydrogen-bond donors (Lipinski definition) is 1. The Morgan fingerprint density at radius 3 is 2.47 bits per heavy atom. The molecule has 1 N–H and O–H groups in total. The second-order valence-electron chi connectivity index (χ2n) is 8.00. The van der Waals surface area contributed by atoms with Gasteiger partial charge < -0.3 is 4.74 Å². The fourth-order valence-corrected chi connectivity index (χ4v) is 4.26. The Balaban J connectivity index is 1.45. The second-order valence-corrected chi connectivity index (χ2v) is 8.00. The molecule has 32 heavy (non-hydrogen) atoms. The largest absolute Gasteiger partial charge is 0.380 e. The van der Waals surface area contributed by atoms with E-state index < -0.39 is 0 Å². The smallest absolute Gasteiger partial charge is 0.171 e. The highest BCUT2D eigenvalue weighted by Crippen LogP contribution is 2.33. The lowest BCUT2D eigenvalue weighted by molar-refractivity contribution is 0.0414. The minimum atomic E-state index is -0.339. The van der Waals surface area contributed by atoms with Crippen LogP contribution in [0.15, 0.2) is 78.9 Å². The Bertz CT molecular complexity index is 1250. The van der Waals surface area contributed by atoms with Crippen molar-refractivity contribution in [3.63, 3.8) is 0 Å². The summed E-state index contributed by atoms with van der Waals surface area (Å²) in [5, 5.41) is 0. The number of Topliss-reactive ketones (excluding diaryl/α,β-unsaturated/α-hetero) is 1. The molecule has 1 aliphatic heterocycles. The zero-order valence-electron chi connectivity index (χ0n) is 17.8. The third-order valence-electron chi connectivity index (χ3n) is 5.89. The molecule has 0 saturated heterocycles. The molecule has 0 amide bonds. The van der Waals surface area contributed by atoms with E-state index in [9.17, 15) is 4.79 Å². The van der Waals surface area contributed by atoms with Gasteiger partial charge in [0.05, 0.1) is 18.2 Å². The second kappa shape index (κ2) is 8.84. The summed E-state index contributed by atoms with van der Waals surface area (Å²) < 4.78 is 5.18. The zero-order valence-corrected chi connectivity index (χ0v) is 17.8. The van der Waals surface area contributed by atoms with Gasteiger partial charge >= 0.3 is 0 Å². The van der Waals surface area contributed by atoms with Gasteiger partial charge in [0.1, 0.15) is 6.10 Å². The van der Waals surface area contributed by atoms with Crippen molar-refractivity contribution in [1.82, 2.24) is 5.48 Å². The summed E-state index contributed by atoms with van der Waals surface area (Å²) in [6.07, 6.45) is 2.35. The van der Waals surface area contributed by atoms with Crippen LogP contribution in [-0.4, -0.2) is 19.0 Å². The van der Waals surface area contributed by atoms with Crippen LogP contribution < -0.4 is 5.48 Å². The summed E-state index contributed by atoms with van der Waals surface area (Å²) in [6, 6.07) is 23.7. The molecule has 0 bridgehead atoms. The van der Waals surface area contributed by atoms with Crippen LogP contribution in [-0.2, 0) is 16.2 Å². The third kappa shape index (κ3) is 3.97. The standard InChI is InChI=1S/C28H23NO3/c1-31-18-19-10-12-22(13-11-19)27-17-23(32-29-27)16-26-24-8-4-2-6-20(24)14-15-21-7-3-5-9-25(21)28(26)30/h2-13,17,23,26,29H,16,18H2,1H3. The number of nitrogens with one attached hydrogen (secondary N) is 1. The lowest BCUT2D eigenvalue weighted by Gasteiger charge is -2.22. The zero-order chi connectivity index (χ0) is 21.9. The average Bonchev–Trinajstić information content (AvgIpc) is 3.30. The number of hydrogen-bond acceptors (Lipinski definition) is 4. The molecule has 2 unspecified atom stereocenters. The highest BCUT2D eigenvalue weighted by Gasteiger charge is 2.31. The average molecular weight is 421 g/mol. The molecular formula is C28H23NO3. The summed E-state index contributed by atoms with van der Waals surface area (Å²) in [7, 11) is 1.69. The van der Waals surface area contributed by atoms with Gasteiger partial charge in [-0.1, -0.05) is 72.5 Å². The van der Waals surface area contributed by atoms with E-state index in [1.807, 2.05) is 72.8 Å². The number of rotatable bonds is 5. The fraction of sp³-hybridized carbons (Fsp3) is 0.179. The Morgan fingerprint density at radius 1 is 0.938 bits per heavy atom. The fourth-order valence-electron chi connectivity index (χ4n) is 4.26. The number of hydroxylamine groups is 1. The van der Waals surface area contributed by atoms with E-state index >= 15 is 0 Å². The lowest BCUT2D eigenvalue weighted by atomic mass is 9.81. The molecule has 3 aromatic carbocycles. The molecule has 5 rings (SSSR count). The van der Waals surface area contributed by atoms with Gasteiger partial charge in [-0.2, -0.15) is 0 Å². The first-order valence-corrected chi connectivity index (χ1v) is 10.7. The SMILES string of the molecule is COCc1ccc(C2=CC(CC3C(=O)c4ccccc4C#Cc4ccccc43)ON2)cc1. The van der Waals surface area contributed by atoms with Crippen LogP contribution in [0.4, 0.5) is 0 Å². The number of carbonyl (C=O) groups is 1. The van der Waals surface area contributed by atoms with Crippen LogP contribution in [0.5, 0.6) is 0 Å². The highest BCUT2D eigenvalue weighted by atomic mass is 16.7. The molecule has 2 atom stereocenters. The van der Waals surface area contributed by atoms with Gasteiger partial charge in [0.2, 0.25) is 0 Å². The quantitative estimate of drug-likeness (QED) is 0.599. The van der Waals surface area contributed by atoms with Gasteiger partial charge in [0.15, 0.2) is 5.78 Å². The Hall–Kier alpha value is -3.65. The van der Waals surface area contributed by atoms with E-state index in [1.54, 1.807) is 7.11 Å². The third-order valence-corrected chi connectivity index (χ3v) is 5.89. The molecule has 1 heterocycles. The highest BCUT2D eigenvalue weighted by molar-refractivity contribution is 6.03. The molecule has 0 aromatic heterocycles. The summed E-state index contributed by atoms with van der Waals surface area (Å²) in [4.78, 5) is 19.5. The van der Waals surface area contributed by atoms with E-state index in [1.165, 1.54) is 0 Å². The van der Waals surface area contributed by atoms with E-state index in [0.717, 1.165) is 33.5 Å². The lowest BCUT2D eigenvalue weighted by Crippen LogP contribution is -2.23. The molecule has 0 radical (unpaired) electrons. The first-order valence-electron chi connectivity index (χ1n) is 10.7.